The maximum absolute atomic E-state index is 12.8. The van der Waals surface area contributed by atoms with Gasteiger partial charge in [0.25, 0.3) is 0 Å². The molecule has 1 unspecified atom stereocenters. The van der Waals surface area contributed by atoms with Crippen LogP contribution < -0.4 is 5.32 Å². The second kappa shape index (κ2) is 10.3. The Hall–Kier alpha value is -2.34. The molecule has 0 heterocycles. The molecule has 28 heavy (non-hydrogen) atoms. The van der Waals surface area contributed by atoms with Gasteiger partial charge < -0.3 is 10.1 Å². The monoisotopic (exact) mass is 393 g/mol. The molecule has 0 spiro atoms. The number of hydrogen-bond donors (Lipinski definition) is 1. The molecule has 0 aliphatic heterocycles. The van der Waals surface area contributed by atoms with Gasteiger partial charge in [0.1, 0.15) is 0 Å². The smallest absolute Gasteiger partial charge is 0.385 e. The van der Waals surface area contributed by atoms with E-state index in [1.54, 1.807) is 7.11 Å². The molecule has 2 rings (SSSR count). The fraction of sp³-hybridized carbons (Fsp3) is 0.409. The van der Waals surface area contributed by atoms with Crippen LogP contribution in [0.4, 0.5) is 13.2 Å². The molecule has 2 aromatic carbocycles. The highest BCUT2D eigenvalue weighted by Crippen LogP contribution is 2.29. The number of halogens is 3. The number of amides is 1. The summed E-state index contributed by atoms with van der Waals surface area (Å²) >= 11 is 0. The molecule has 0 aliphatic carbocycles. The normalized spacial score (nSPS) is 12.6. The quantitative estimate of drug-likeness (QED) is 0.644. The summed E-state index contributed by atoms with van der Waals surface area (Å²) in [5, 5.41) is 2.76. The number of carbonyl (C=O) groups is 1. The SMILES string of the molecule is CCC(CCOC)c1ccc(CNC(=O)Cc2cccc(C(F)(F)F)c2)cc1. The summed E-state index contributed by atoms with van der Waals surface area (Å²) in [4.78, 5) is 12.1. The molecule has 1 amide bonds. The molecular formula is C22H26F3NO2. The van der Waals surface area contributed by atoms with E-state index in [2.05, 4.69) is 24.4 Å². The van der Waals surface area contributed by atoms with Crippen molar-refractivity contribution in [2.45, 2.75) is 44.8 Å². The predicted octanol–water partition coefficient (Wildman–Crippen LogP) is 5.09. The molecule has 0 bridgehead atoms. The number of ether oxygens (including phenoxy) is 1. The second-order valence-corrected chi connectivity index (χ2v) is 6.78. The van der Waals surface area contributed by atoms with Crippen molar-refractivity contribution in [1.29, 1.82) is 0 Å². The molecule has 0 saturated carbocycles. The van der Waals surface area contributed by atoms with Gasteiger partial charge >= 0.3 is 6.18 Å². The van der Waals surface area contributed by atoms with Gasteiger partial charge in [0.05, 0.1) is 12.0 Å². The average Bonchev–Trinajstić information content (AvgIpc) is 2.67. The summed E-state index contributed by atoms with van der Waals surface area (Å²) in [6.45, 7) is 3.20. The van der Waals surface area contributed by atoms with Crippen LogP contribution in [-0.2, 0) is 28.7 Å². The Labute approximate surface area is 163 Å². The summed E-state index contributed by atoms with van der Waals surface area (Å²) in [5.74, 6) is 0.124. The Balaban J connectivity index is 1.89. The highest BCUT2D eigenvalue weighted by atomic mass is 19.4. The zero-order valence-electron chi connectivity index (χ0n) is 16.2. The first kappa shape index (κ1) is 22.0. The van der Waals surface area contributed by atoms with Crippen molar-refractivity contribution in [3.05, 3.63) is 70.8 Å². The third kappa shape index (κ3) is 6.68. The third-order valence-electron chi connectivity index (χ3n) is 4.72. The molecule has 2 aromatic rings. The van der Waals surface area contributed by atoms with Gasteiger partial charge in [-0.2, -0.15) is 13.2 Å². The number of nitrogens with one attached hydrogen (secondary N) is 1. The number of rotatable bonds is 9. The lowest BCUT2D eigenvalue weighted by molar-refractivity contribution is -0.137. The summed E-state index contributed by atoms with van der Waals surface area (Å²) in [6, 6.07) is 12.9. The number of alkyl halides is 3. The average molecular weight is 393 g/mol. The van der Waals surface area contributed by atoms with E-state index < -0.39 is 11.7 Å². The number of methoxy groups -OCH3 is 1. The lowest BCUT2D eigenvalue weighted by Crippen LogP contribution is -2.24. The van der Waals surface area contributed by atoms with Crippen LogP contribution in [-0.4, -0.2) is 19.6 Å². The van der Waals surface area contributed by atoms with Crippen LogP contribution in [0.25, 0.3) is 0 Å². The largest absolute Gasteiger partial charge is 0.416 e. The summed E-state index contributed by atoms with van der Waals surface area (Å²) in [5.41, 5.74) is 1.78. The first-order valence-electron chi connectivity index (χ1n) is 9.34. The lowest BCUT2D eigenvalue weighted by atomic mass is 9.93. The molecule has 0 aromatic heterocycles. The second-order valence-electron chi connectivity index (χ2n) is 6.78. The maximum Gasteiger partial charge on any atom is 0.416 e. The van der Waals surface area contributed by atoms with Crippen molar-refractivity contribution in [3.8, 4) is 0 Å². The number of benzene rings is 2. The van der Waals surface area contributed by atoms with Crippen LogP contribution in [0, 0.1) is 0 Å². The van der Waals surface area contributed by atoms with Gasteiger partial charge in [0.15, 0.2) is 0 Å². The van der Waals surface area contributed by atoms with E-state index in [9.17, 15) is 18.0 Å². The van der Waals surface area contributed by atoms with Crippen molar-refractivity contribution >= 4 is 5.91 Å². The number of hydrogen-bond acceptors (Lipinski definition) is 2. The molecule has 0 saturated heterocycles. The minimum atomic E-state index is -4.41. The standard InChI is InChI=1S/C22H26F3NO2/c1-3-18(11-12-28-2)19-9-7-16(8-10-19)15-26-21(27)14-17-5-4-6-20(13-17)22(23,24)25/h4-10,13,18H,3,11-12,14-15H2,1-2H3,(H,26,27). The summed E-state index contributed by atoms with van der Waals surface area (Å²) in [6.07, 6.45) is -2.51. The van der Waals surface area contributed by atoms with Crippen LogP contribution >= 0.6 is 0 Å². The molecule has 0 radical (unpaired) electrons. The van der Waals surface area contributed by atoms with E-state index in [0.29, 0.717) is 24.6 Å². The van der Waals surface area contributed by atoms with E-state index in [0.717, 1.165) is 30.5 Å². The van der Waals surface area contributed by atoms with E-state index in [1.165, 1.54) is 17.7 Å². The topological polar surface area (TPSA) is 38.3 Å². The molecule has 0 fully saturated rings. The van der Waals surface area contributed by atoms with Crippen molar-refractivity contribution in [2.24, 2.45) is 0 Å². The van der Waals surface area contributed by atoms with E-state index in [4.69, 9.17) is 4.74 Å². The molecule has 1 N–H and O–H groups in total. The lowest BCUT2D eigenvalue weighted by Gasteiger charge is -2.15. The molecule has 152 valence electrons. The Kier molecular flexibility index (Phi) is 8.05. The van der Waals surface area contributed by atoms with Crippen LogP contribution in [0.1, 0.15) is 47.9 Å². The molecular weight excluding hydrogens is 367 g/mol. The van der Waals surface area contributed by atoms with Gasteiger partial charge in [-0.25, -0.2) is 0 Å². The summed E-state index contributed by atoms with van der Waals surface area (Å²) in [7, 11) is 1.69. The zero-order valence-corrected chi connectivity index (χ0v) is 16.2. The predicted molar refractivity (Wildman–Crippen MR) is 103 cm³/mol. The Morgan fingerprint density at radius 2 is 1.82 bits per heavy atom. The minimum Gasteiger partial charge on any atom is -0.385 e. The number of carbonyl (C=O) groups excluding carboxylic acids is 1. The van der Waals surface area contributed by atoms with Gasteiger partial charge in [0, 0.05) is 20.3 Å². The first-order chi connectivity index (χ1) is 13.3. The highest BCUT2D eigenvalue weighted by Gasteiger charge is 2.30. The Morgan fingerprint density at radius 1 is 1.11 bits per heavy atom. The van der Waals surface area contributed by atoms with Crippen LogP contribution in [0.15, 0.2) is 48.5 Å². The third-order valence-corrected chi connectivity index (χ3v) is 4.72. The summed E-state index contributed by atoms with van der Waals surface area (Å²) < 4.78 is 43.4. The van der Waals surface area contributed by atoms with E-state index in [1.807, 2.05) is 12.1 Å². The minimum absolute atomic E-state index is 0.0864. The van der Waals surface area contributed by atoms with Crippen molar-refractivity contribution in [1.82, 2.24) is 5.32 Å². The van der Waals surface area contributed by atoms with Gasteiger partial charge in [-0.3, -0.25) is 4.79 Å². The molecule has 6 heteroatoms. The Bertz CT molecular complexity index is 757. The molecule has 3 nitrogen and oxygen atoms in total. The van der Waals surface area contributed by atoms with Crippen LogP contribution in [0.5, 0.6) is 0 Å². The highest BCUT2D eigenvalue weighted by molar-refractivity contribution is 5.78. The van der Waals surface area contributed by atoms with Crippen molar-refractivity contribution in [2.75, 3.05) is 13.7 Å². The van der Waals surface area contributed by atoms with E-state index in [-0.39, 0.29) is 12.3 Å². The van der Waals surface area contributed by atoms with Gasteiger partial charge in [-0.1, -0.05) is 49.4 Å². The zero-order chi connectivity index (χ0) is 20.6. The molecule has 0 aliphatic rings. The fourth-order valence-electron chi connectivity index (χ4n) is 3.08. The van der Waals surface area contributed by atoms with Gasteiger partial charge in [0.2, 0.25) is 5.91 Å². The first-order valence-corrected chi connectivity index (χ1v) is 9.34. The van der Waals surface area contributed by atoms with Gasteiger partial charge in [-0.05, 0) is 41.5 Å². The maximum atomic E-state index is 12.8. The Morgan fingerprint density at radius 3 is 2.43 bits per heavy atom. The van der Waals surface area contributed by atoms with E-state index >= 15 is 0 Å². The van der Waals surface area contributed by atoms with Crippen LogP contribution in [0.3, 0.4) is 0 Å². The fourth-order valence-corrected chi connectivity index (χ4v) is 3.08. The van der Waals surface area contributed by atoms with Crippen molar-refractivity contribution in [3.63, 3.8) is 0 Å². The van der Waals surface area contributed by atoms with Gasteiger partial charge in [-0.15, -0.1) is 0 Å². The van der Waals surface area contributed by atoms with Crippen molar-refractivity contribution < 1.29 is 22.7 Å². The molecule has 1 atom stereocenters. The van der Waals surface area contributed by atoms with Crippen LogP contribution in [0.2, 0.25) is 0 Å².